The van der Waals surface area contributed by atoms with Crippen molar-refractivity contribution in [2.45, 2.75) is 44.1 Å². The topological polar surface area (TPSA) is 94.3 Å². The minimum Gasteiger partial charge on any atom is -0.382 e. The average Bonchev–Trinajstić information content (AvgIpc) is 3.38. The number of anilines is 3. The molecule has 2 aromatic carbocycles. The number of nitrogens with two attached hydrogens (primary N) is 2. The van der Waals surface area contributed by atoms with Gasteiger partial charge in [0.05, 0.1) is 5.69 Å². The third-order valence-electron chi connectivity index (χ3n) is 6.85. The van der Waals surface area contributed by atoms with Crippen molar-refractivity contribution in [3.05, 3.63) is 71.5 Å². The Morgan fingerprint density at radius 3 is 2.65 bits per heavy atom. The van der Waals surface area contributed by atoms with Gasteiger partial charge in [-0.2, -0.15) is 0 Å². The molecule has 4 aromatic rings. The summed E-state index contributed by atoms with van der Waals surface area (Å²) in [6, 6.07) is 15.6. The molecule has 0 bridgehead atoms. The lowest BCUT2D eigenvalue weighted by atomic mass is 9.81. The summed E-state index contributed by atoms with van der Waals surface area (Å²) in [4.78, 5) is 4.59. The summed E-state index contributed by atoms with van der Waals surface area (Å²) in [7, 11) is 0. The smallest absolute Gasteiger partial charge is 0.177 e. The second-order valence-electron chi connectivity index (χ2n) is 8.81. The van der Waals surface area contributed by atoms with E-state index in [1.807, 2.05) is 6.20 Å². The molecule has 0 aliphatic heterocycles. The Hall–Kier alpha value is -3.38. The molecule has 0 atom stereocenters. The first-order valence-electron chi connectivity index (χ1n) is 11.0. The molecule has 5 N–H and O–H groups in total. The number of rotatable bonds is 3. The quantitative estimate of drug-likeness (QED) is 0.404. The van der Waals surface area contributed by atoms with Gasteiger partial charge in [0.1, 0.15) is 5.82 Å². The number of nitrogens with one attached hydrogen (secondary N) is 1. The van der Waals surface area contributed by atoms with Crippen molar-refractivity contribution in [2.75, 3.05) is 11.1 Å². The molecule has 31 heavy (non-hydrogen) atoms. The van der Waals surface area contributed by atoms with Gasteiger partial charge in [-0.15, -0.1) is 5.10 Å². The average molecular weight is 411 g/mol. The minimum atomic E-state index is 0.287. The van der Waals surface area contributed by atoms with Crippen molar-refractivity contribution in [2.24, 2.45) is 5.73 Å². The highest BCUT2D eigenvalue weighted by Gasteiger charge is 2.27. The van der Waals surface area contributed by atoms with Crippen LogP contribution in [0.5, 0.6) is 0 Å². The molecule has 0 unspecified atom stereocenters. The number of nitrogen functional groups attached to an aromatic ring is 1. The zero-order valence-corrected chi connectivity index (χ0v) is 17.4. The molecule has 156 valence electrons. The molecule has 2 aromatic heterocycles. The summed E-state index contributed by atoms with van der Waals surface area (Å²) in [5.74, 6) is 0.914. The van der Waals surface area contributed by atoms with Crippen molar-refractivity contribution in [1.82, 2.24) is 14.6 Å². The largest absolute Gasteiger partial charge is 0.382 e. The summed E-state index contributed by atoms with van der Waals surface area (Å²) >= 11 is 0. The standard InChI is InChI=1S/C25H26N6/c26-18-7-5-15(6-8-18)22-23(25-28-11-12-31(25)30-24(22)27)29-19-9-10-21-17(14-19)13-16-3-1-2-4-20(16)21/h1-4,9-12,14-15,18,29H,5-8,13,26H2,(H2,27,30). The molecule has 2 aliphatic rings. The highest BCUT2D eigenvalue weighted by atomic mass is 15.3. The van der Waals surface area contributed by atoms with Gasteiger partial charge in [-0.25, -0.2) is 9.50 Å². The van der Waals surface area contributed by atoms with Crippen molar-refractivity contribution >= 4 is 22.8 Å². The van der Waals surface area contributed by atoms with E-state index in [0.29, 0.717) is 11.7 Å². The lowest BCUT2D eigenvalue weighted by Gasteiger charge is -2.28. The summed E-state index contributed by atoms with van der Waals surface area (Å²) in [5.41, 5.74) is 21.9. The highest BCUT2D eigenvalue weighted by Crippen LogP contribution is 2.42. The first kappa shape index (κ1) is 18.4. The maximum Gasteiger partial charge on any atom is 0.177 e. The van der Waals surface area contributed by atoms with Gasteiger partial charge in [-0.3, -0.25) is 0 Å². The van der Waals surface area contributed by atoms with Gasteiger partial charge in [0.2, 0.25) is 0 Å². The summed E-state index contributed by atoms with van der Waals surface area (Å²) in [5, 5.41) is 8.25. The van der Waals surface area contributed by atoms with E-state index in [2.05, 4.69) is 57.9 Å². The summed E-state index contributed by atoms with van der Waals surface area (Å²) in [6.07, 6.45) is 8.66. The van der Waals surface area contributed by atoms with Crippen LogP contribution in [0.4, 0.5) is 17.2 Å². The van der Waals surface area contributed by atoms with E-state index < -0.39 is 0 Å². The minimum absolute atomic E-state index is 0.287. The number of nitrogens with zero attached hydrogens (tertiary/aromatic N) is 3. The van der Waals surface area contributed by atoms with Crippen LogP contribution in [0, 0.1) is 0 Å². The van der Waals surface area contributed by atoms with E-state index in [-0.39, 0.29) is 6.04 Å². The Bertz CT molecular complexity index is 1280. The lowest BCUT2D eigenvalue weighted by molar-refractivity contribution is 0.396. The number of imidazole rings is 1. The van der Waals surface area contributed by atoms with Crippen molar-refractivity contribution in [3.63, 3.8) is 0 Å². The van der Waals surface area contributed by atoms with Gasteiger partial charge < -0.3 is 16.8 Å². The maximum absolute atomic E-state index is 6.48. The molecule has 2 aliphatic carbocycles. The van der Waals surface area contributed by atoms with Crippen molar-refractivity contribution in [3.8, 4) is 11.1 Å². The fraction of sp³-hybridized carbons (Fsp3) is 0.280. The van der Waals surface area contributed by atoms with Gasteiger partial charge in [-0.1, -0.05) is 30.3 Å². The number of aromatic nitrogens is 3. The molecule has 0 saturated heterocycles. The van der Waals surface area contributed by atoms with Gasteiger partial charge >= 0.3 is 0 Å². The Balaban J connectivity index is 1.41. The molecule has 0 amide bonds. The van der Waals surface area contributed by atoms with Crippen LogP contribution < -0.4 is 16.8 Å². The summed E-state index contributed by atoms with van der Waals surface area (Å²) < 4.78 is 1.76. The van der Waals surface area contributed by atoms with E-state index in [9.17, 15) is 0 Å². The first-order chi connectivity index (χ1) is 15.2. The van der Waals surface area contributed by atoms with Crippen LogP contribution in [0.2, 0.25) is 0 Å². The molecule has 1 fully saturated rings. The Kier molecular flexibility index (Phi) is 4.21. The zero-order chi connectivity index (χ0) is 20.9. The Morgan fingerprint density at radius 2 is 1.77 bits per heavy atom. The molecule has 0 radical (unpaired) electrons. The number of hydrogen-bond donors (Lipinski definition) is 3. The second kappa shape index (κ2) is 7.10. The Labute approximate surface area is 181 Å². The third-order valence-corrected chi connectivity index (χ3v) is 6.85. The molecular formula is C25H26N6. The van der Waals surface area contributed by atoms with Crippen LogP contribution in [0.15, 0.2) is 54.9 Å². The van der Waals surface area contributed by atoms with Crippen LogP contribution in [0.25, 0.3) is 16.8 Å². The molecule has 6 rings (SSSR count). The monoisotopic (exact) mass is 410 g/mol. The molecule has 2 heterocycles. The van der Waals surface area contributed by atoms with Crippen LogP contribution >= 0.6 is 0 Å². The van der Waals surface area contributed by atoms with Crippen molar-refractivity contribution < 1.29 is 0 Å². The predicted molar refractivity (Wildman–Crippen MR) is 125 cm³/mol. The SMILES string of the molecule is Nc1nn2ccnc2c(Nc2ccc3c(c2)Cc2ccccc2-3)c1C1CCC(N)CC1. The normalized spacial score (nSPS) is 19.9. The number of fused-ring (bicyclic) bond motifs is 4. The molecule has 1 saturated carbocycles. The number of hydrogen-bond acceptors (Lipinski definition) is 5. The third kappa shape index (κ3) is 3.06. The van der Waals surface area contributed by atoms with Crippen LogP contribution in [0.1, 0.15) is 48.3 Å². The number of benzene rings is 2. The van der Waals surface area contributed by atoms with E-state index >= 15 is 0 Å². The molecular weight excluding hydrogens is 384 g/mol. The van der Waals surface area contributed by atoms with Gasteiger partial charge in [0.15, 0.2) is 5.65 Å². The second-order valence-corrected chi connectivity index (χ2v) is 8.81. The van der Waals surface area contributed by atoms with Crippen LogP contribution in [-0.2, 0) is 6.42 Å². The lowest BCUT2D eigenvalue weighted by Crippen LogP contribution is -2.26. The first-order valence-corrected chi connectivity index (χ1v) is 11.0. The van der Waals surface area contributed by atoms with Crippen LogP contribution in [0.3, 0.4) is 0 Å². The van der Waals surface area contributed by atoms with E-state index in [0.717, 1.165) is 54.7 Å². The fourth-order valence-corrected chi connectivity index (χ4v) is 5.29. The van der Waals surface area contributed by atoms with Crippen molar-refractivity contribution in [1.29, 1.82) is 0 Å². The van der Waals surface area contributed by atoms with Gasteiger partial charge in [0, 0.05) is 29.7 Å². The van der Waals surface area contributed by atoms with E-state index in [4.69, 9.17) is 11.5 Å². The molecule has 6 nitrogen and oxygen atoms in total. The maximum atomic E-state index is 6.48. The highest BCUT2D eigenvalue weighted by molar-refractivity contribution is 5.83. The predicted octanol–water partition coefficient (Wildman–Crippen LogP) is 4.61. The molecule has 0 spiro atoms. The molecule has 6 heteroatoms. The Morgan fingerprint density at radius 1 is 0.968 bits per heavy atom. The van der Waals surface area contributed by atoms with E-state index in [1.54, 1.807) is 10.7 Å². The van der Waals surface area contributed by atoms with Gasteiger partial charge in [-0.05, 0) is 72.4 Å². The summed E-state index contributed by atoms with van der Waals surface area (Å²) in [6.45, 7) is 0. The van der Waals surface area contributed by atoms with Crippen LogP contribution in [-0.4, -0.2) is 20.6 Å². The fourth-order valence-electron chi connectivity index (χ4n) is 5.29. The van der Waals surface area contributed by atoms with Gasteiger partial charge in [0.25, 0.3) is 0 Å². The van der Waals surface area contributed by atoms with E-state index in [1.165, 1.54) is 22.3 Å². The zero-order valence-electron chi connectivity index (χ0n) is 17.4.